The first-order valence-corrected chi connectivity index (χ1v) is 8.08. The molecule has 2 aromatic rings. The van der Waals surface area contributed by atoms with E-state index in [1.807, 2.05) is 50.2 Å². The monoisotopic (exact) mass is 474 g/mol. The SMILES string of the molecule is CN=C(NCC(C)Oc1ccc(OC)cc1)N(C)Cc1ncnn1C.I. The summed E-state index contributed by atoms with van der Waals surface area (Å²) in [7, 11) is 7.23. The van der Waals surface area contributed by atoms with Crippen LogP contribution in [0, 0.1) is 0 Å². The fraction of sp³-hybridized carbons (Fsp3) is 0.471. The maximum Gasteiger partial charge on any atom is 0.193 e. The van der Waals surface area contributed by atoms with E-state index in [4.69, 9.17) is 9.47 Å². The van der Waals surface area contributed by atoms with E-state index >= 15 is 0 Å². The molecule has 0 saturated heterocycles. The van der Waals surface area contributed by atoms with E-state index in [0.29, 0.717) is 13.1 Å². The third-order valence-corrected chi connectivity index (χ3v) is 3.70. The number of halogens is 1. The van der Waals surface area contributed by atoms with Crippen LogP contribution in [0.4, 0.5) is 0 Å². The predicted octanol–water partition coefficient (Wildman–Crippen LogP) is 1.92. The van der Waals surface area contributed by atoms with Gasteiger partial charge in [-0.2, -0.15) is 5.10 Å². The molecule has 26 heavy (non-hydrogen) atoms. The third kappa shape index (κ3) is 6.36. The van der Waals surface area contributed by atoms with Crippen LogP contribution in [0.15, 0.2) is 35.6 Å². The van der Waals surface area contributed by atoms with Gasteiger partial charge in [0.25, 0.3) is 0 Å². The highest BCUT2D eigenvalue weighted by atomic mass is 127. The van der Waals surface area contributed by atoms with Gasteiger partial charge in [-0.3, -0.25) is 9.67 Å². The van der Waals surface area contributed by atoms with Crippen molar-refractivity contribution >= 4 is 29.9 Å². The number of rotatable bonds is 7. The van der Waals surface area contributed by atoms with Crippen LogP contribution in [0.5, 0.6) is 11.5 Å². The second-order valence-electron chi connectivity index (χ2n) is 5.69. The van der Waals surface area contributed by atoms with Crippen molar-refractivity contribution in [2.75, 3.05) is 27.7 Å². The molecule has 0 radical (unpaired) electrons. The molecule has 1 heterocycles. The summed E-state index contributed by atoms with van der Waals surface area (Å²) in [5.74, 6) is 3.25. The van der Waals surface area contributed by atoms with Gasteiger partial charge in [-0.15, -0.1) is 24.0 Å². The molecule has 1 aromatic heterocycles. The maximum absolute atomic E-state index is 5.90. The number of benzene rings is 1. The zero-order valence-electron chi connectivity index (χ0n) is 15.8. The zero-order valence-corrected chi connectivity index (χ0v) is 18.2. The maximum atomic E-state index is 5.90. The number of guanidine groups is 1. The van der Waals surface area contributed by atoms with Crippen molar-refractivity contribution in [3.8, 4) is 11.5 Å². The number of aryl methyl sites for hydroxylation is 1. The molecule has 0 bridgehead atoms. The normalized spacial score (nSPS) is 12.1. The van der Waals surface area contributed by atoms with Crippen molar-refractivity contribution in [3.63, 3.8) is 0 Å². The smallest absolute Gasteiger partial charge is 0.193 e. The summed E-state index contributed by atoms with van der Waals surface area (Å²) in [4.78, 5) is 10.5. The number of methoxy groups -OCH3 is 1. The average molecular weight is 474 g/mol. The van der Waals surface area contributed by atoms with Gasteiger partial charge in [0.1, 0.15) is 29.8 Å². The van der Waals surface area contributed by atoms with Crippen LogP contribution in [0.1, 0.15) is 12.7 Å². The van der Waals surface area contributed by atoms with Crippen molar-refractivity contribution in [1.29, 1.82) is 0 Å². The van der Waals surface area contributed by atoms with Gasteiger partial charge in [-0.05, 0) is 31.2 Å². The molecule has 9 heteroatoms. The van der Waals surface area contributed by atoms with E-state index in [1.54, 1.807) is 25.2 Å². The molecule has 0 saturated carbocycles. The Balaban J connectivity index is 0.00000338. The lowest BCUT2D eigenvalue weighted by Crippen LogP contribution is -2.42. The number of hydrogen-bond donors (Lipinski definition) is 1. The molecular weight excluding hydrogens is 447 g/mol. The number of aromatic nitrogens is 3. The van der Waals surface area contributed by atoms with Crippen molar-refractivity contribution in [2.24, 2.45) is 12.0 Å². The Morgan fingerprint density at radius 2 is 1.96 bits per heavy atom. The van der Waals surface area contributed by atoms with Crippen LogP contribution < -0.4 is 14.8 Å². The highest BCUT2D eigenvalue weighted by molar-refractivity contribution is 14.0. The minimum Gasteiger partial charge on any atom is -0.497 e. The molecule has 0 fully saturated rings. The van der Waals surface area contributed by atoms with Crippen LogP contribution in [0.2, 0.25) is 0 Å². The fourth-order valence-corrected chi connectivity index (χ4v) is 2.30. The Morgan fingerprint density at radius 3 is 2.50 bits per heavy atom. The van der Waals surface area contributed by atoms with Gasteiger partial charge in [0.2, 0.25) is 0 Å². The molecule has 1 aromatic carbocycles. The molecule has 2 rings (SSSR count). The van der Waals surface area contributed by atoms with Gasteiger partial charge in [-0.25, -0.2) is 4.98 Å². The van der Waals surface area contributed by atoms with E-state index in [-0.39, 0.29) is 30.1 Å². The molecular formula is C17H27IN6O2. The second-order valence-corrected chi connectivity index (χ2v) is 5.69. The molecule has 0 aliphatic rings. The lowest BCUT2D eigenvalue weighted by atomic mass is 10.3. The Morgan fingerprint density at radius 1 is 1.31 bits per heavy atom. The summed E-state index contributed by atoms with van der Waals surface area (Å²) in [6, 6.07) is 7.54. The van der Waals surface area contributed by atoms with Gasteiger partial charge in [-0.1, -0.05) is 0 Å². The molecule has 1 atom stereocenters. The molecule has 8 nitrogen and oxygen atoms in total. The predicted molar refractivity (Wildman–Crippen MR) is 112 cm³/mol. The third-order valence-electron chi connectivity index (χ3n) is 3.70. The van der Waals surface area contributed by atoms with Gasteiger partial charge in [0.05, 0.1) is 20.2 Å². The van der Waals surface area contributed by atoms with Crippen molar-refractivity contribution in [1.82, 2.24) is 25.0 Å². The molecule has 0 spiro atoms. The summed E-state index contributed by atoms with van der Waals surface area (Å²) in [6.45, 7) is 3.25. The molecule has 0 aliphatic heterocycles. The topological polar surface area (TPSA) is 76.8 Å². The Labute approximate surface area is 171 Å². The first-order valence-electron chi connectivity index (χ1n) is 8.08. The number of ether oxygens (including phenoxy) is 2. The van der Waals surface area contributed by atoms with Gasteiger partial charge in [0, 0.05) is 21.1 Å². The molecule has 0 aliphatic carbocycles. The van der Waals surface area contributed by atoms with Crippen LogP contribution in [-0.2, 0) is 13.6 Å². The molecule has 144 valence electrons. The highest BCUT2D eigenvalue weighted by Gasteiger charge is 2.12. The van der Waals surface area contributed by atoms with E-state index in [0.717, 1.165) is 23.3 Å². The number of aliphatic imine (C=N–C) groups is 1. The lowest BCUT2D eigenvalue weighted by molar-refractivity contribution is 0.222. The van der Waals surface area contributed by atoms with Crippen LogP contribution in [0.3, 0.4) is 0 Å². The fourth-order valence-electron chi connectivity index (χ4n) is 2.30. The first kappa shape index (κ1) is 22.0. The van der Waals surface area contributed by atoms with Crippen molar-refractivity contribution < 1.29 is 9.47 Å². The van der Waals surface area contributed by atoms with Crippen LogP contribution >= 0.6 is 24.0 Å². The van der Waals surface area contributed by atoms with Crippen molar-refractivity contribution in [2.45, 2.75) is 19.6 Å². The van der Waals surface area contributed by atoms with Gasteiger partial charge < -0.3 is 19.7 Å². The summed E-state index contributed by atoms with van der Waals surface area (Å²) >= 11 is 0. The minimum absolute atomic E-state index is 0. The molecule has 0 amide bonds. The Kier molecular flexibility index (Phi) is 9.17. The Hall–Kier alpha value is -2.04. The largest absolute Gasteiger partial charge is 0.497 e. The summed E-state index contributed by atoms with van der Waals surface area (Å²) < 4.78 is 12.8. The van der Waals surface area contributed by atoms with E-state index in [2.05, 4.69) is 20.4 Å². The van der Waals surface area contributed by atoms with E-state index in [9.17, 15) is 0 Å². The van der Waals surface area contributed by atoms with Crippen molar-refractivity contribution in [3.05, 3.63) is 36.4 Å². The highest BCUT2D eigenvalue weighted by Crippen LogP contribution is 2.17. The summed E-state index contributed by atoms with van der Waals surface area (Å²) in [5, 5.41) is 7.39. The van der Waals surface area contributed by atoms with E-state index < -0.39 is 0 Å². The van der Waals surface area contributed by atoms with Gasteiger partial charge >= 0.3 is 0 Å². The molecule has 1 N–H and O–H groups in total. The first-order chi connectivity index (χ1) is 12.0. The van der Waals surface area contributed by atoms with Crippen LogP contribution in [-0.4, -0.2) is 59.5 Å². The van der Waals surface area contributed by atoms with Crippen LogP contribution in [0.25, 0.3) is 0 Å². The zero-order chi connectivity index (χ0) is 18.2. The van der Waals surface area contributed by atoms with E-state index in [1.165, 1.54) is 0 Å². The average Bonchev–Trinajstić information content (AvgIpc) is 3.01. The lowest BCUT2D eigenvalue weighted by Gasteiger charge is -2.23. The standard InChI is InChI=1S/C17H26N6O2.HI/c1-13(25-15-8-6-14(24-5)7-9-15)10-19-17(18-2)22(3)11-16-20-12-21-23(16)4;/h6-9,12-13H,10-11H2,1-5H3,(H,18,19);1H. The summed E-state index contributed by atoms with van der Waals surface area (Å²) in [6.07, 6.45) is 1.53. The Bertz CT molecular complexity index is 689. The number of nitrogens with one attached hydrogen (secondary N) is 1. The van der Waals surface area contributed by atoms with Gasteiger partial charge in [0.15, 0.2) is 5.96 Å². The number of nitrogens with zero attached hydrogens (tertiary/aromatic N) is 5. The number of hydrogen-bond acceptors (Lipinski definition) is 5. The molecule has 1 unspecified atom stereocenters. The quantitative estimate of drug-likeness (QED) is 0.376. The minimum atomic E-state index is -0.0200. The summed E-state index contributed by atoms with van der Waals surface area (Å²) in [5.41, 5.74) is 0. The second kappa shape index (κ2) is 10.8.